The van der Waals surface area contributed by atoms with Crippen molar-refractivity contribution in [1.29, 1.82) is 0 Å². The van der Waals surface area contributed by atoms with Crippen molar-refractivity contribution in [2.45, 2.75) is 64.7 Å². The minimum atomic E-state index is -0.0523. The molecule has 0 N–H and O–H groups in total. The van der Waals surface area contributed by atoms with E-state index in [1.165, 1.54) is 6.92 Å². The summed E-state index contributed by atoms with van der Waals surface area (Å²) in [6.45, 7) is 4.61. The largest absolute Gasteiger partial charge is 0.493 e. The fourth-order valence-electron chi connectivity index (χ4n) is 7.39. The van der Waals surface area contributed by atoms with E-state index in [9.17, 15) is 14.4 Å². The van der Waals surface area contributed by atoms with Gasteiger partial charge in [0.25, 0.3) is 11.8 Å². The van der Waals surface area contributed by atoms with Gasteiger partial charge in [0.15, 0.2) is 28.8 Å². The number of hydrogen-bond acceptors (Lipinski definition) is 10. The van der Waals surface area contributed by atoms with E-state index in [1.54, 1.807) is 68.8 Å². The molecule has 0 aromatic heterocycles. The molecule has 2 fully saturated rings. The van der Waals surface area contributed by atoms with Crippen LogP contribution in [0.15, 0.2) is 77.8 Å². The lowest BCUT2D eigenvalue weighted by atomic mass is 10.0. The highest BCUT2D eigenvalue weighted by Gasteiger charge is 2.31. The monoisotopic (exact) mass is 775 g/mol. The predicted octanol–water partition coefficient (Wildman–Crippen LogP) is 7.86. The predicted molar refractivity (Wildman–Crippen MR) is 215 cm³/mol. The van der Waals surface area contributed by atoms with Crippen LogP contribution < -0.4 is 28.4 Å². The molecule has 0 bridgehead atoms. The average Bonchev–Trinajstić information content (AvgIpc) is 3.38. The fourth-order valence-corrected chi connectivity index (χ4v) is 7.39. The Labute approximate surface area is 333 Å². The van der Waals surface area contributed by atoms with Gasteiger partial charge < -0.3 is 38.2 Å². The number of ether oxygens (including phenoxy) is 6. The maximum Gasteiger partial charge on any atom is 0.256 e. The second-order valence-electron chi connectivity index (χ2n) is 14.4. The second kappa shape index (κ2) is 18.3. The number of benzene rings is 4. The minimum Gasteiger partial charge on any atom is -0.493 e. The first-order valence-corrected chi connectivity index (χ1v) is 19.6. The maximum atomic E-state index is 13.5. The van der Waals surface area contributed by atoms with Crippen molar-refractivity contribution in [1.82, 2.24) is 9.80 Å². The van der Waals surface area contributed by atoms with Gasteiger partial charge in [-0.1, -0.05) is 0 Å². The summed E-state index contributed by atoms with van der Waals surface area (Å²) in [4.78, 5) is 46.8. The highest BCUT2D eigenvalue weighted by atomic mass is 16.5. The Morgan fingerprint density at radius 2 is 1.32 bits per heavy atom. The molecule has 3 aliphatic heterocycles. The summed E-state index contributed by atoms with van der Waals surface area (Å²) < 4.78 is 36.0. The first kappa shape index (κ1) is 39.2. The number of nitrogens with zero attached hydrogens (tertiary/aromatic N) is 3. The van der Waals surface area contributed by atoms with Gasteiger partial charge >= 0.3 is 0 Å². The molecular formula is C45H49N3O9. The summed E-state index contributed by atoms with van der Waals surface area (Å²) in [6, 6.07) is 21.5. The summed E-state index contributed by atoms with van der Waals surface area (Å²) >= 11 is 0. The first-order valence-electron chi connectivity index (χ1n) is 19.6. The third kappa shape index (κ3) is 9.50. The molecule has 2 saturated heterocycles. The standard InChI is InChI=1S/C45H49N3O9/c1-30(49)33-10-13-36(14-11-33)54-19-20-55-37-22-31(28-56-40-15-12-34(24-41(40)52-2)44(50)47-16-6-4-7-17-47)21-32(23-37)29-57-43-26-39-38(25-42(43)53-3)45(51)48-18-8-5-9-35(48)27-46-39/h10-15,21-27,35H,4-9,16-20,28-29H2,1-3H3/t35-/m0/s1. The van der Waals surface area contributed by atoms with Crippen LogP contribution in [0.4, 0.5) is 5.69 Å². The van der Waals surface area contributed by atoms with E-state index >= 15 is 0 Å². The molecule has 12 nitrogen and oxygen atoms in total. The molecule has 57 heavy (non-hydrogen) atoms. The lowest BCUT2D eigenvalue weighted by Gasteiger charge is -2.32. The lowest BCUT2D eigenvalue weighted by molar-refractivity contribution is 0.0686. The Morgan fingerprint density at radius 1 is 0.667 bits per heavy atom. The molecule has 3 aliphatic rings. The van der Waals surface area contributed by atoms with Gasteiger partial charge in [0, 0.05) is 43.0 Å². The van der Waals surface area contributed by atoms with E-state index in [2.05, 4.69) is 0 Å². The number of methoxy groups -OCH3 is 2. The van der Waals surface area contributed by atoms with Gasteiger partial charge in [-0.3, -0.25) is 19.4 Å². The number of piperidine rings is 2. The van der Waals surface area contributed by atoms with Crippen LogP contribution in [0, 0.1) is 0 Å². The summed E-state index contributed by atoms with van der Waals surface area (Å²) in [7, 11) is 3.11. The Bertz CT molecular complexity index is 2110. The van der Waals surface area contributed by atoms with Crippen LogP contribution in [0.3, 0.4) is 0 Å². The summed E-state index contributed by atoms with van der Waals surface area (Å²) in [6.07, 6.45) is 7.97. The molecule has 4 aromatic rings. The van der Waals surface area contributed by atoms with Crippen molar-refractivity contribution in [3.05, 3.63) is 101 Å². The van der Waals surface area contributed by atoms with Gasteiger partial charge in [0.05, 0.1) is 31.5 Å². The zero-order valence-corrected chi connectivity index (χ0v) is 32.8. The van der Waals surface area contributed by atoms with Crippen LogP contribution in [-0.4, -0.2) is 86.7 Å². The third-order valence-electron chi connectivity index (χ3n) is 10.5. The van der Waals surface area contributed by atoms with Gasteiger partial charge in [-0.25, -0.2) is 0 Å². The number of rotatable bonds is 15. The Balaban J connectivity index is 1.08. The molecule has 0 unspecified atom stereocenters. The molecule has 7 rings (SSSR count). The highest BCUT2D eigenvalue weighted by Crippen LogP contribution is 2.38. The van der Waals surface area contributed by atoms with Crippen molar-refractivity contribution in [3.8, 4) is 34.5 Å². The maximum absolute atomic E-state index is 13.5. The lowest BCUT2D eigenvalue weighted by Crippen LogP contribution is -2.43. The third-order valence-corrected chi connectivity index (χ3v) is 10.5. The van der Waals surface area contributed by atoms with Gasteiger partial charge in [-0.05, 0) is 123 Å². The molecule has 0 saturated carbocycles. The molecule has 2 amide bonds. The number of fused-ring (bicyclic) bond motifs is 2. The minimum absolute atomic E-state index is 0.00766. The first-order chi connectivity index (χ1) is 27.8. The van der Waals surface area contributed by atoms with Crippen LogP contribution >= 0.6 is 0 Å². The molecule has 0 radical (unpaired) electrons. The molecular weight excluding hydrogens is 727 g/mol. The molecule has 298 valence electrons. The zero-order chi connectivity index (χ0) is 39.7. The van der Waals surface area contributed by atoms with E-state index in [-0.39, 0.29) is 50.1 Å². The number of ketones is 1. The second-order valence-corrected chi connectivity index (χ2v) is 14.4. The average molecular weight is 776 g/mol. The van der Waals surface area contributed by atoms with E-state index < -0.39 is 0 Å². The normalized spacial score (nSPS) is 16.2. The van der Waals surface area contributed by atoms with Crippen molar-refractivity contribution >= 4 is 29.5 Å². The molecule has 3 heterocycles. The smallest absolute Gasteiger partial charge is 0.256 e. The number of hydrogen-bond donors (Lipinski definition) is 0. The van der Waals surface area contributed by atoms with E-state index in [0.717, 1.165) is 62.7 Å². The highest BCUT2D eigenvalue weighted by molar-refractivity contribution is 6.03. The fraction of sp³-hybridized carbons (Fsp3) is 0.378. The van der Waals surface area contributed by atoms with Crippen LogP contribution in [0.1, 0.15) is 87.6 Å². The number of Topliss-reactive ketones (excluding diaryl/α,β-unsaturated/α-hetero) is 1. The van der Waals surface area contributed by atoms with E-state index in [1.807, 2.05) is 34.2 Å². The van der Waals surface area contributed by atoms with Crippen LogP contribution in [0.5, 0.6) is 34.5 Å². The Morgan fingerprint density at radius 3 is 2.02 bits per heavy atom. The SMILES string of the molecule is COc1cc(C(=O)N2CCCCC2)ccc1OCc1cc(COc2cc3c(cc2OC)C(=O)N2CCCC[C@H]2C=N3)cc(OCCOc2ccc(C(C)=O)cc2)c1. The molecule has 12 heteroatoms. The van der Waals surface area contributed by atoms with E-state index in [4.69, 9.17) is 33.4 Å². The van der Waals surface area contributed by atoms with Crippen LogP contribution in [0.25, 0.3) is 0 Å². The van der Waals surface area contributed by atoms with Crippen LogP contribution in [0.2, 0.25) is 0 Å². The van der Waals surface area contributed by atoms with Crippen molar-refractivity contribution in [3.63, 3.8) is 0 Å². The number of aliphatic imine (C=N–C) groups is 1. The van der Waals surface area contributed by atoms with Gasteiger partial charge in [0.1, 0.15) is 37.9 Å². The summed E-state index contributed by atoms with van der Waals surface area (Å²) in [5, 5.41) is 0. The van der Waals surface area contributed by atoms with Gasteiger partial charge in [-0.15, -0.1) is 0 Å². The van der Waals surface area contributed by atoms with Crippen molar-refractivity contribution in [2.24, 2.45) is 4.99 Å². The summed E-state index contributed by atoms with van der Waals surface area (Å²) in [5.74, 6) is 3.01. The molecule has 0 spiro atoms. The number of carbonyl (C=O) groups excluding carboxylic acids is 3. The molecule has 1 atom stereocenters. The van der Waals surface area contributed by atoms with Crippen molar-refractivity contribution in [2.75, 3.05) is 47.1 Å². The number of likely N-dealkylation sites (tertiary alicyclic amines) is 1. The Kier molecular flexibility index (Phi) is 12.6. The van der Waals surface area contributed by atoms with Gasteiger partial charge in [-0.2, -0.15) is 0 Å². The number of carbonyl (C=O) groups is 3. The quantitative estimate of drug-likeness (QED) is 0.0877. The topological polar surface area (TPSA) is 125 Å². The van der Waals surface area contributed by atoms with Crippen molar-refractivity contribution < 1.29 is 42.8 Å². The van der Waals surface area contributed by atoms with E-state index in [0.29, 0.717) is 63.4 Å². The number of amides is 2. The van der Waals surface area contributed by atoms with Crippen LogP contribution in [-0.2, 0) is 13.2 Å². The zero-order valence-electron chi connectivity index (χ0n) is 32.8. The van der Waals surface area contributed by atoms with Gasteiger partial charge in [0.2, 0.25) is 0 Å². The summed E-state index contributed by atoms with van der Waals surface area (Å²) in [5.41, 5.74) is 3.83. The molecule has 0 aliphatic carbocycles. The Hall–Kier alpha value is -6.04. The molecule has 4 aromatic carbocycles.